The van der Waals surface area contributed by atoms with Crippen LogP contribution in [0.3, 0.4) is 0 Å². The highest BCUT2D eigenvalue weighted by Crippen LogP contribution is 2.63. The van der Waals surface area contributed by atoms with E-state index in [4.69, 9.17) is 48.5 Å². The van der Waals surface area contributed by atoms with Crippen LogP contribution in [0.1, 0.15) is 113 Å². The molecular weight excluding hydrogens is 590 g/mol. The first-order valence-corrected chi connectivity index (χ1v) is 18.5. The van der Waals surface area contributed by atoms with Gasteiger partial charge in [-0.1, -0.05) is 46.7 Å². The number of fused-ring (bicyclic) bond motifs is 4. The second-order valence-electron chi connectivity index (χ2n) is 17.2. The normalized spacial score (nSPS) is 56.2. The van der Waals surface area contributed by atoms with Crippen molar-refractivity contribution in [2.75, 3.05) is 6.61 Å². The van der Waals surface area contributed by atoms with Crippen LogP contribution in [0.5, 0.6) is 0 Å². The first-order chi connectivity index (χ1) is 21.9. The number of hydrogen-bond acceptors (Lipinski definition) is 10. The predicted octanol–water partition coefficient (Wildman–Crippen LogP) is 6.91. The first kappa shape index (κ1) is 32.4. The summed E-state index contributed by atoms with van der Waals surface area (Å²) < 4.78 is 27.5. The van der Waals surface area contributed by atoms with Gasteiger partial charge in [0.15, 0.2) is 23.8 Å². The van der Waals surface area contributed by atoms with Crippen LogP contribution in [-0.4, -0.2) is 59.9 Å². The summed E-state index contributed by atoms with van der Waals surface area (Å²) in [6.07, 6.45) is 7.13. The van der Waals surface area contributed by atoms with E-state index >= 15 is 0 Å². The molecule has 8 heterocycles. The van der Waals surface area contributed by atoms with Crippen molar-refractivity contribution in [1.82, 2.24) is 0 Å². The van der Waals surface area contributed by atoms with Crippen LogP contribution >= 0.6 is 0 Å². The van der Waals surface area contributed by atoms with Gasteiger partial charge in [-0.05, 0) is 93.8 Å². The Hall–Kier alpha value is -0.850. The van der Waals surface area contributed by atoms with E-state index in [-0.39, 0.29) is 35.9 Å². The Bertz CT molecular complexity index is 1200. The van der Waals surface area contributed by atoms with Crippen LogP contribution in [0.2, 0.25) is 0 Å². The largest absolute Gasteiger partial charge is 0.396 e. The fourth-order valence-electron chi connectivity index (χ4n) is 11.2. The van der Waals surface area contributed by atoms with Crippen LogP contribution in [0, 0.1) is 53.3 Å². The molecule has 8 saturated heterocycles. The quantitative estimate of drug-likeness (QED) is 0.173. The average molecular weight is 648 g/mol. The third-order valence-corrected chi connectivity index (χ3v) is 13.8. The molecule has 2 aliphatic carbocycles. The van der Waals surface area contributed by atoms with Crippen LogP contribution in [0.15, 0.2) is 5.16 Å². The molecule has 10 aliphatic rings. The van der Waals surface area contributed by atoms with E-state index in [1.54, 1.807) is 0 Å². The molecule has 46 heavy (non-hydrogen) atoms. The van der Waals surface area contributed by atoms with E-state index in [0.717, 1.165) is 50.7 Å². The lowest BCUT2D eigenvalue weighted by Crippen LogP contribution is -2.71. The molecule has 0 aromatic rings. The summed E-state index contributed by atoms with van der Waals surface area (Å²) in [6, 6.07) is 0. The molecule has 2 spiro atoms. The summed E-state index contributed by atoms with van der Waals surface area (Å²) in [5.74, 6) is 1.16. The molecule has 0 unspecified atom stereocenters. The molecule has 16 atom stereocenters. The summed E-state index contributed by atoms with van der Waals surface area (Å²) in [6.45, 7) is 18.1. The Morgan fingerprint density at radius 1 is 0.696 bits per heavy atom. The van der Waals surface area contributed by atoms with Crippen molar-refractivity contribution >= 4 is 5.71 Å². The lowest BCUT2D eigenvalue weighted by molar-refractivity contribution is -0.571. The molecule has 0 aromatic heterocycles. The Morgan fingerprint density at radius 3 is 1.80 bits per heavy atom. The maximum absolute atomic E-state index is 7.07. The monoisotopic (exact) mass is 647 g/mol. The van der Waals surface area contributed by atoms with Gasteiger partial charge in [0.1, 0.15) is 12.7 Å². The molecular formula is C36H57NO9. The highest BCUT2D eigenvalue weighted by atomic mass is 17.3. The third-order valence-electron chi connectivity index (χ3n) is 13.8. The van der Waals surface area contributed by atoms with E-state index in [1.807, 2.05) is 13.8 Å². The van der Waals surface area contributed by atoms with E-state index in [0.29, 0.717) is 42.6 Å². The molecule has 0 N–H and O–H groups in total. The predicted molar refractivity (Wildman–Crippen MR) is 166 cm³/mol. The Kier molecular flexibility index (Phi) is 7.98. The average Bonchev–Trinajstić information content (AvgIpc) is 3.38. The molecule has 0 radical (unpaired) electrons. The van der Waals surface area contributed by atoms with Gasteiger partial charge >= 0.3 is 0 Å². The maximum atomic E-state index is 7.07. The number of ether oxygens (including phenoxy) is 4. The molecule has 2 saturated carbocycles. The number of nitrogens with zero attached hydrogens (tertiary/aromatic N) is 1. The zero-order valence-corrected chi connectivity index (χ0v) is 29.2. The fraction of sp³-hybridized carbons (Fsp3) is 0.972. The molecule has 260 valence electrons. The van der Waals surface area contributed by atoms with Crippen molar-refractivity contribution in [3.63, 3.8) is 0 Å². The van der Waals surface area contributed by atoms with Crippen LogP contribution < -0.4 is 0 Å². The minimum absolute atomic E-state index is 0.119. The lowest BCUT2D eigenvalue weighted by atomic mass is 9.56. The molecule has 10 rings (SSSR count). The van der Waals surface area contributed by atoms with E-state index in [1.165, 1.54) is 6.42 Å². The van der Waals surface area contributed by atoms with Gasteiger partial charge in [-0.15, -0.1) is 0 Å². The molecule has 10 nitrogen and oxygen atoms in total. The zero-order valence-electron chi connectivity index (χ0n) is 29.2. The zero-order chi connectivity index (χ0) is 32.2. The van der Waals surface area contributed by atoms with Gasteiger partial charge in [0.05, 0.1) is 11.8 Å². The molecule has 0 aromatic carbocycles. The van der Waals surface area contributed by atoms with Gasteiger partial charge in [-0.2, -0.15) is 0 Å². The molecule has 10 fully saturated rings. The fourth-order valence-corrected chi connectivity index (χ4v) is 11.2. The standard InChI is InChI=1S/C36H57NO9/c1-19(2)18-38-37-28(30-23(6)27-12-10-21(4)25-14-16-34(8)42-32(40-30)36(25,27)46-44-34)17-29-22(5)26-11-9-20(3)24-13-15-33(7)41-31(39-29)35(24,26)45-43-33/h19-27,29-32H,9-18H2,1-8H3/b37-28+/t20-,21-,22-,23-,24+,25+,26+,27+,29-,30+,31-,32-,33-,34-,35-,36-/m1/s1. The van der Waals surface area contributed by atoms with E-state index < -0.39 is 35.4 Å². The Balaban J connectivity index is 1.12. The van der Waals surface area contributed by atoms with Crippen molar-refractivity contribution < 1.29 is 43.3 Å². The third kappa shape index (κ3) is 4.74. The highest BCUT2D eigenvalue weighted by molar-refractivity contribution is 5.89. The van der Waals surface area contributed by atoms with Crippen molar-refractivity contribution in [2.45, 2.75) is 161 Å². The number of rotatable bonds is 6. The smallest absolute Gasteiger partial charge is 0.201 e. The van der Waals surface area contributed by atoms with Gasteiger partial charge in [-0.3, -0.25) is 0 Å². The summed E-state index contributed by atoms with van der Waals surface area (Å²) in [5, 5.41) is 4.89. The van der Waals surface area contributed by atoms with Gasteiger partial charge < -0.3 is 23.8 Å². The van der Waals surface area contributed by atoms with Crippen LogP contribution in [0.25, 0.3) is 0 Å². The van der Waals surface area contributed by atoms with Crippen molar-refractivity contribution in [2.24, 2.45) is 58.4 Å². The van der Waals surface area contributed by atoms with Gasteiger partial charge in [0, 0.05) is 31.1 Å². The lowest BCUT2D eigenvalue weighted by Gasteiger charge is -2.61. The highest BCUT2D eigenvalue weighted by Gasteiger charge is 2.71. The molecule has 8 aliphatic heterocycles. The van der Waals surface area contributed by atoms with Crippen molar-refractivity contribution in [3.05, 3.63) is 0 Å². The minimum Gasteiger partial charge on any atom is -0.396 e. The molecule has 4 bridgehead atoms. The second kappa shape index (κ2) is 11.3. The SMILES string of the molecule is CC(C)CO/N=C(\C[C@H]1O[C@@H]2O[C@@]3(C)CC[C@H]4[C@H](C)CC[C@@H]([C@H]1C)[C@@]24OO3)[C@H]1O[C@@H]2O[C@@]3(C)CC[C@H]4[C@H](C)CC[C@@H]([C@H]1C)[C@@]24OO3. The van der Waals surface area contributed by atoms with Crippen molar-refractivity contribution in [3.8, 4) is 0 Å². The first-order valence-electron chi connectivity index (χ1n) is 18.5. The van der Waals surface area contributed by atoms with Gasteiger partial charge in [-0.25, -0.2) is 19.6 Å². The number of hydrogen-bond donors (Lipinski definition) is 0. The summed E-state index contributed by atoms with van der Waals surface area (Å²) in [4.78, 5) is 31.1. The van der Waals surface area contributed by atoms with E-state index in [9.17, 15) is 0 Å². The minimum atomic E-state index is -0.827. The number of oxime groups is 1. The van der Waals surface area contributed by atoms with Crippen LogP contribution in [0.4, 0.5) is 0 Å². The van der Waals surface area contributed by atoms with Gasteiger partial charge in [0.25, 0.3) is 0 Å². The summed E-state index contributed by atoms with van der Waals surface area (Å²) in [5.41, 5.74) is -0.337. The summed E-state index contributed by atoms with van der Waals surface area (Å²) in [7, 11) is 0. The van der Waals surface area contributed by atoms with E-state index in [2.05, 4.69) is 41.5 Å². The topological polar surface area (TPSA) is 95.4 Å². The Morgan fingerprint density at radius 2 is 1.24 bits per heavy atom. The molecule has 0 amide bonds. The summed E-state index contributed by atoms with van der Waals surface area (Å²) >= 11 is 0. The van der Waals surface area contributed by atoms with Gasteiger partial charge in [0.2, 0.25) is 11.6 Å². The molecule has 10 heteroatoms. The van der Waals surface area contributed by atoms with Crippen LogP contribution in [-0.2, 0) is 43.3 Å². The second-order valence-corrected chi connectivity index (χ2v) is 17.2. The van der Waals surface area contributed by atoms with Crippen molar-refractivity contribution in [1.29, 1.82) is 0 Å². The maximum Gasteiger partial charge on any atom is 0.201 e. The Labute approximate surface area is 274 Å².